The molecule has 0 bridgehead atoms. The quantitative estimate of drug-likeness (QED) is 0.666. The Kier molecular flexibility index (Phi) is 5.78. The lowest BCUT2D eigenvalue weighted by Gasteiger charge is -2.08. The molecular weight excluding hydrogens is 371 g/mol. The Labute approximate surface area is 159 Å². The molecule has 0 radical (unpaired) electrons. The monoisotopic (exact) mass is 390 g/mol. The van der Waals surface area contributed by atoms with E-state index in [9.17, 15) is 14.0 Å². The SMILES string of the molecule is CC(C)n1c(=O)sc2cc(NC(=O)CSCc3ccc(F)cc3)ccc21. The van der Waals surface area contributed by atoms with Crippen LogP contribution in [0.5, 0.6) is 0 Å². The van der Waals surface area contributed by atoms with Crippen LogP contribution in [-0.2, 0) is 10.5 Å². The summed E-state index contributed by atoms with van der Waals surface area (Å²) < 4.78 is 15.5. The van der Waals surface area contributed by atoms with Crippen molar-refractivity contribution in [3.8, 4) is 0 Å². The summed E-state index contributed by atoms with van der Waals surface area (Å²) in [4.78, 5) is 24.2. The van der Waals surface area contributed by atoms with Crippen LogP contribution in [0, 0.1) is 5.82 Å². The average Bonchev–Trinajstić information content (AvgIpc) is 2.91. The topological polar surface area (TPSA) is 51.1 Å². The number of anilines is 1. The van der Waals surface area contributed by atoms with Gasteiger partial charge in [0.05, 0.1) is 16.0 Å². The number of thiazole rings is 1. The molecule has 0 atom stereocenters. The molecule has 3 rings (SSSR count). The van der Waals surface area contributed by atoms with Gasteiger partial charge in [-0.05, 0) is 49.7 Å². The van der Waals surface area contributed by atoms with Crippen molar-refractivity contribution in [1.29, 1.82) is 0 Å². The van der Waals surface area contributed by atoms with Gasteiger partial charge in [0.25, 0.3) is 0 Å². The summed E-state index contributed by atoms with van der Waals surface area (Å²) in [5.74, 6) is 0.581. The molecule has 0 saturated carbocycles. The second-order valence-corrected chi connectivity index (χ2v) is 8.16. The smallest absolute Gasteiger partial charge is 0.308 e. The predicted molar refractivity (Wildman–Crippen MR) is 108 cm³/mol. The van der Waals surface area contributed by atoms with E-state index in [1.54, 1.807) is 16.7 Å². The minimum absolute atomic E-state index is 0.00771. The molecule has 7 heteroatoms. The van der Waals surface area contributed by atoms with Gasteiger partial charge in [-0.15, -0.1) is 11.8 Å². The summed E-state index contributed by atoms with van der Waals surface area (Å²) in [6, 6.07) is 11.9. The maximum Gasteiger partial charge on any atom is 0.308 e. The van der Waals surface area contributed by atoms with Gasteiger partial charge in [-0.25, -0.2) is 4.39 Å². The first-order valence-corrected chi connectivity index (χ1v) is 10.2. The lowest BCUT2D eigenvalue weighted by Crippen LogP contribution is -2.15. The molecular formula is C19H19FN2O2S2. The lowest BCUT2D eigenvalue weighted by molar-refractivity contribution is -0.113. The summed E-state index contributed by atoms with van der Waals surface area (Å²) in [7, 11) is 0. The average molecular weight is 391 g/mol. The molecule has 0 saturated heterocycles. The van der Waals surface area contributed by atoms with Crippen molar-refractivity contribution in [1.82, 2.24) is 4.57 Å². The molecule has 0 fully saturated rings. The number of thioether (sulfide) groups is 1. The van der Waals surface area contributed by atoms with Gasteiger partial charge in [-0.3, -0.25) is 14.2 Å². The van der Waals surface area contributed by atoms with Gasteiger partial charge in [0, 0.05) is 17.5 Å². The largest absolute Gasteiger partial charge is 0.325 e. The molecule has 0 aliphatic rings. The normalized spacial score (nSPS) is 11.2. The number of nitrogens with zero attached hydrogens (tertiary/aromatic N) is 1. The Morgan fingerprint density at radius 3 is 2.65 bits per heavy atom. The zero-order chi connectivity index (χ0) is 18.7. The number of aromatic nitrogens is 1. The lowest BCUT2D eigenvalue weighted by atomic mass is 10.2. The van der Waals surface area contributed by atoms with Crippen molar-refractivity contribution in [3.63, 3.8) is 0 Å². The number of hydrogen-bond donors (Lipinski definition) is 1. The van der Waals surface area contributed by atoms with Gasteiger partial charge in [0.15, 0.2) is 0 Å². The van der Waals surface area contributed by atoms with E-state index < -0.39 is 0 Å². The summed E-state index contributed by atoms with van der Waals surface area (Å²) in [6.45, 7) is 3.95. The highest BCUT2D eigenvalue weighted by molar-refractivity contribution is 7.99. The third-order valence-electron chi connectivity index (χ3n) is 3.83. The van der Waals surface area contributed by atoms with E-state index in [0.717, 1.165) is 15.8 Å². The molecule has 4 nitrogen and oxygen atoms in total. The van der Waals surface area contributed by atoms with Crippen molar-refractivity contribution in [2.45, 2.75) is 25.6 Å². The summed E-state index contributed by atoms with van der Waals surface area (Å²) in [6.07, 6.45) is 0. The van der Waals surface area contributed by atoms with Gasteiger partial charge in [-0.2, -0.15) is 0 Å². The van der Waals surface area contributed by atoms with Crippen molar-refractivity contribution >= 4 is 44.9 Å². The molecule has 2 aromatic carbocycles. The first-order valence-electron chi connectivity index (χ1n) is 8.21. The van der Waals surface area contributed by atoms with Gasteiger partial charge in [-0.1, -0.05) is 23.5 Å². The van der Waals surface area contributed by atoms with Crippen molar-refractivity contribution in [3.05, 3.63) is 63.5 Å². The third-order valence-corrected chi connectivity index (χ3v) is 5.75. The van der Waals surface area contributed by atoms with E-state index in [4.69, 9.17) is 0 Å². The highest BCUT2D eigenvalue weighted by atomic mass is 32.2. The standard InChI is InChI=1S/C19H19FN2O2S2/c1-12(2)22-16-8-7-15(9-17(16)26-19(22)24)21-18(23)11-25-10-13-3-5-14(20)6-4-13/h3-9,12H,10-11H2,1-2H3,(H,21,23). The minimum Gasteiger partial charge on any atom is -0.325 e. The van der Waals surface area contributed by atoms with Gasteiger partial charge >= 0.3 is 4.87 Å². The first kappa shape index (κ1) is 18.7. The number of carbonyl (C=O) groups excluding carboxylic acids is 1. The Balaban J connectivity index is 1.60. The number of amides is 1. The van der Waals surface area contributed by atoms with E-state index in [0.29, 0.717) is 17.2 Å². The molecule has 1 aromatic heterocycles. The van der Waals surface area contributed by atoms with Crippen LogP contribution >= 0.6 is 23.1 Å². The van der Waals surface area contributed by atoms with Gasteiger partial charge in [0.1, 0.15) is 5.82 Å². The van der Waals surface area contributed by atoms with Gasteiger partial charge < -0.3 is 5.32 Å². The first-order chi connectivity index (χ1) is 12.4. The predicted octanol–water partition coefficient (Wildman–Crippen LogP) is 4.65. The molecule has 136 valence electrons. The molecule has 0 unspecified atom stereocenters. The van der Waals surface area contributed by atoms with Crippen LogP contribution in [0.15, 0.2) is 47.3 Å². The highest BCUT2D eigenvalue weighted by Crippen LogP contribution is 2.24. The van der Waals surface area contributed by atoms with Crippen LogP contribution < -0.4 is 10.2 Å². The number of carbonyl (C=O) groups is 1. The van der Waals surface area contributed by atoms with Crippen LogP contribution in [-0.4, -0.2) is 16.2 Å². The summed E-state index contributed by atoms with van der Waals surface area (Å²) in [5.41, 5.74) is 2.55. The van der Waals surface area contributed by atoms with E-state index in [-0.39, 0.29) is 22.6 Å². The Morgan fingerprint density at radius 2 is 1.96 bits per heavy atom. The zero-order valence-electron chi connectivity index (χ0n) is 14.5. The number of rotatable bonds is 6. The van der Waals surface area contributed by atoms with E-state index in [1.807, 2.05) is 32.0 Å². The fraction of sp³-hybridized carbons (Fsp3) is 0.263. The summed E-state index contributed by atoms with van der Waals surface area (Å²) in [5, 5.41) is 2.86. The van der Waals surface area contributed by atoms with Crippen LogP contribution in [0.4, 0.5) is 10.1 Å². The second-order valence-electron chi connectivity index (χ2n) is 6.18. The van der Waals surface area contributed by atoms with Crippen molar-refractivity contribution < 1.29 is 9.18 Å². The number of fused-ring (bicyclic) bond motifs is 1. The Hall–Kier alpha value is -2.12. The van der Waals surface area contributed by atoms with Crippen molar-refractivity contribution in [2.75, 3.05) is 11.1 Å². The minimum atomic E-state index is -0.263. The second kappa shape index (κ2) is 8.05. The van der Waals surface area contributed by atoms with E-state index in [2.05, 4.69) is 5.32 Å². The van der Waals surface area contributed by atoms with Crippen molar-refractivity contribution in [2.24, 2.45) is 0 Å². The molecule has 0 aliphatic carbocycles. The van der Waals surface area contributed by atoms with Crippen LogP contribution in [0.1, 0.15) is 25.5 Å². The molecule has 0 aliphatic heterocycles. The number of nitrogens with one attached hydrogen (secondary N) is 1. The number of hydrogen-bond acceptors (Lipinski definition) is 4. The summed E-state index contributed by atoms with van der Waals surface area (Å²) >= 11 is 2.65. The molecule has 3 aromatic rings. The maximum atomic E-state index is 12.9. The molecule has 1 amide bonds. The molecule has 26 heavy (non-hydrogen) atoms. The Bertz CT molecular complexity index is 977. The zero-order valence-corrected chi connectivity index (χ0v) is 16.1. The molecule has 1 heterocycles. The van der Waals surface area contributed by atoms with Crippen LogP contribution in [0.3, 0.4) is 0 Å². The fourth-order valence-electron chi connectivity index (χ4n) is 2.64. The third kappa shape index (κ3) is 4.34. The molecule has 1 N–H and O–H groups in total. The number of benzene rings is 2. The Morgan fingerprint density at radius 1 is 1.23 bits per heavy atom. The van der Waals surface area contributed by atoms with Gasteiger partial charge in [0.2, 0.25) is 5.91 Å². The molecule has 0 spiro atoms. The van der Waals surface area contributed by atoms with E-state index >= 15 is 0 Å². The highest BCUT2D eigenvalue weighted by Gasteiger charge is 2.11. The maximum absolute atomic E-state index is 12.9. The fourth-order valence-corrected chi connectivity index (χ4v) is 4.48. The van der Waals surface area contributed by atoms with Crippen LogP contribution in [0.2, 0.25) is 0 Å². The van der Waals surface area contributed by atoms with E-state index in [1.165, 1.54) is 35.2 Å². The van der Waals surface area contributed by atoms with Crippen LogP contribution in [0.25, 0.3) is 10.2 Å². The number of halogens is 1.